The van der Waals surface area contributed by atoms with Gasteiger partial charge in [0.1, 0.15) is 0 Å². The Kier molecular flexibility index (Phi) is 6.27. The first kappa shape index (κ1) is 29.7. The summed E-state index contributed by atoms with van der Waals surface area (Å²) in [4.78, 5) is 0. The molecule has 52 heavy (non-hydrogen) atoms. The predicted octanol–water partition coefficient (Wildman–Crippen LogP) is 14.8. The summed E-state index contributed by atoms with van der Waals surface area (Å²) in [7, 11) is 0. The van der Waals surface area contributed by atoms with Crippen molar-refractivity contribution in [2.24, 2.45) is 0 Å². The summed E-state index contributed by atoms with van der Waals surface area (Å²) in [6.07, 6.45) is 0. The Morgan fingerprint density at radius 2 is 0.942 bits per heavy atom. The van der Waals surface area contributed by atoms with Gasteiger partial charge in [0.15, 0.2) is 0 Å². The summed E-state index contributed by atoms with van der Waals surface area (Å²) in [6.45, 7) is 4.83. The van der Waals surface area contributed by atoms with E-state index >= 15 is 0 Å². The third-order valence-electron chi connectivity index (χ3n) is 11.6. The van der Waals surface area contributed by atoms with Crippen molar-refractivity contribution < 1.29 is 0 Å². The molecule has 0 bridgehead atoms. The molecule has 1 aliphatic carbocycles. The highest BCUT2D eigenvalue weighted by Gasteiger charge is 2.38. The van der Waals surface area contributed by atoms with Crippen LogP contribution in [0.25, 0.3) is 97.0 Å². The zero-order valence-corrected chi connectivity index (χ0v) is 29.9. The fraction of sp³-hybridized carbons (Fsp3) is 0.0588. The van der Waals surface area contributed by atoms with Crippen LogP contribution in [0.5, 0.6) is 0 Å². The van der Waals surface area contributed by atoms with E-state index in [1.807, 2.05) is 11.3 Å². The van der Waals surface area contributed by atoms with Gasteiger partial charge in [0.25, 0.3) is 0 Å². The number of hydrogen-bond donors (Lipinski definition) is 0. The maximum absolute atomic E-state index is 2.46. The first-order valence-electron chi connectivity index (χ1n) is 18.2. The Morgan fingerprint density at radius 3 is 1.65 bits per heavy atom. The van der Waals surface area contributed by atoms with Gasteiger partial charge < -0.3 is 0 Å². The van der Waals surface area contributed by atoms with Gasteiger partial charge in [-0.05, 0) is 106 Å². The molecule has 0 spiro atoms. The topological polar surface area (TPSA) is 0 Å². The molecule has 0 nitrogen and oxygen atoms in total. The van der Waals surface area contributed by atoms with Crippen LogP contribution in [0.4, 0.5) is 0 Å². The molecule has 0 amide bonds. The Balaban J connectivity index is 1.24. The lowest BCUT2D eigenvalue weighted by Gasteiger charge is -2.23. The molecule has 0 atom stereocenters. The Labute approximate surface area is 307 Å². The molecule has 1 aliphatic rings. The number of thiophene rings is 1. The van der Waals surface area contributed by atoms with Crippen molar-refractivity contribution in [1.82, 2.24) is 0 Å². The van der Waals surface area contributed by atoms with E-state index in [-0.39, 0.29) is 5.41 Å². The first-order valence-corrected chi connectivity index (χ1v) is 19.0. The third kappa shape index (κ3) is 4.09. The van der Waals surface area contributed by atoms with E-state index < -0.39 is 0 Å². The minimum Gasteiger partial charge on any atom is -0.135 e. The molecule has 244 valence electrons. The van der Waals surface area contributed by atoms with Crippen LogP contribution < -0.4 is 0 Å². The van der Waals surface area contributed by atoms with E-state index in [1.165, 1.54) is 108 Å². The summed E-state index contributed by atoms with van der Waals surface area (Å²) < 4.78 is 2.70. The van der Waals surface area contributed by atoms with Crippen LogP contribution in [-0.2, 0) is 5.41 Å². The molecule has 0 N–H and O–H groups in total. The summed E-state index contributed by atoms with van der Waals surface area (Å²) in [5, 5.41) is 10.5. The van der Waals surface area contributed by atoms with Crippen LogP contribution in [0.3, 0.4) is 0 Å². The molecule has 0 unspecified atom stereocenters. The molecule has 1 heteroatoms. The van der Waals surface area contributed by atoms with Gasteiger partial charge in [-0.2, -0.15) is 0 Å². The van der Waals surface area contributed by atoms with Crippen LogP contribution in [0.2, 0.25) is 0 Å². The highest BCUT2D eigenvalue weighted by Crippen LogP contribution is 2.56. The normalized spacial score (nSPS) is 13.3. The quantitative estimate of drug-likeness (QED) is 0.163. The standard InChI is InChI=1S/C51H34S/c1-51(2)42-26-13-12-21-36(42)41-27-28-43-49(50(41)51)48-44(52-43)30-32-17-6-7-20-35(32)47(48)34-19-14-18-33(29-34)46-39-24-10-8-22-37(39)45(31-15-4-3-5-16-31)38-23-9-11-25-40(38)46/h3-30H,1-2H3. The van der Waals surface area contributed by atoms with Gasteiger partial charge >= 0.3 is 0 Å². The lowest BCUT2D eigenvalue weighted by molar-refractivity contribution is 0.667. The Morgan fingerprint density at radius 1 is 0.385 bits per heavy atom. The third-order valence-corrected chi connectivity index (χ3v) is 12.7. The van der Waals surface area contributed by atoms with Crippen LogP contribution >= 0.6 is 11.3 Å². The first-order chi connectivity index (χ1) is 25.6. The minimum absolute atomic E-state index is 0.109. The monoisotopic (exact) mass is 678 g/mol. The average Bonchev–Trinajstić information content (AvgIpc) is 3.67. The van der Waals surface area contributed by atoms with E-state index in [4.69, 9.17) is 0 Å². The van der Waals surface area contributed by atoms with Gasteiger partial charge in [0.2, 0.25) is 0 Å². The number of benzene rings is 9. The largest absolute Gasteiger partial charge is 0.135 e. The molecule has 0 saturated carbocycles. The summed E-state index contributed by atoms with van der Waals surface area (Å²) in [5.74, 6) is 0. The van der Waals surface area contributed by atoms with Crippen molar-refractivity contribution in [2.75, 3.05) is 0 Å². The van der Waals surface area contributed by atoms with E-state index in [2.05, 4.69) is 184 Å². The van der Waals surface area contributed by atoms with Gasteiger partial charge in [-0.3, -0.25) is 0 Å². The molecule has 0 saturated heterocycles. The Hall–Kier alpha value is -6.02. The molecule has 11 rings (SSSR count). The highest BCUT2D eigenvalue weighted by molar-refractivity contribution is 7.26. The summed E-state index contributed by atoms with van der Waals surface area (Å²) in [6, 6.07) is 63.3. The summed E-state index contributed by atoms with van der Waals surface area (Å²) in [5.41, 5.74) is 13.2. The van der Waals surface area contributed by atoms with Crippen molar-refractivity contribution in [3.63, 3.8) is 0 Å². The maximum Gasteiger partial charge on any atom is 0.0368 e. The predicted molar refractivity (Wildman–Crippen MR) is 226 cm³/mol. The van der Waals surface area contributed by atoms with E-state index in [9.17, 15) is 0 Å². The molecule has 1 aromatic heterocycles. The van der Waals surface area contributed by atoms with Crippen molar-refractivity contribution in [2.45, 2.75) is 19.3 Å². The average molecular weight is 679 g/mol. The van der Waals surface area contributed by atoms with Crippen molar-refractivity contribution in [3.05, 3.63) is 181 Å². The van der Waals surface area contributed by atoms with Gasteiger partial charge in [-0.1, -0.05) is 166 Å². The summed E-state index contributed by atoms with van der Waals surface area (Å²) >= 11 is 1.93. The van der Waals surface area contributed by atoms with E-state index in [1.54, 1.807) is 0 Å². The molecule has 1 heterocycles. The van der Waals surface area contributed by atoms with E-state index in [0.29, 0.717) is 0 Å². The SMILES string of the molecule is CC1(C)c2ccccc2-c2ccc3sc4cc5ccccc5c(-c5cccc(-c6c7ccccc7c(-c7ccccc7)c7ccccc67)c5)c4c3c21. The van der Waals surface area contributed by atoms with Gasteiger partial charge in [0, 0.05) is 25.6 Å². The zero-order chi connectivity index (χ0) is 34.6. The minimum atomic E-state index is -0.109. The second kappa shape index (κ2) is 11.0. The van der Waals surface area contributed by atoms with Crippen LogP contribution in [0.15, 0.2) is 170 Å². The van der Waals surface area contributed by atoms with Crippen LogP contribution in [0.1, 0.15) is 25.0 Å². The molecular weight excluding hydrogens is 645 g/mol. The lowest BCUT2D eigenvalue weighted by Crippen LogP contribution is -2.15. The molecule has 9 aromatic carbocycles. The fourth-order valence-corrected chi connectivity index (χ4v) is 10.6. The number of rotatable bonds is 3. The van der Waals surface area contributed by atoms with Crippen molar-refractivity contribution >= 4 is 63.8 Å². The smallest absolute Gasteiger partial charge is 0.0368 e. The number of hydrogen-bond acceptors (Lipinski definition) is 1. The molecular formula is C51H34S. The second-order valence-electron chi connectivity index (χ2n) is 14.8. The van der Waals surface area contributed by atoms with Crippen molar-refractivity contribution in [3.8, 4) is 44.5 Å². The number of fused-ring (bicyclic) bond motifs is 10. The maximum atomic E-state index is 2.46. The van der Waals surface area contributed by atoms with Gasteiger partial charge in [-0.15, -0.1) is 11.3 Å². The van der Waals surface area contributed by atoms with Crippen LogP contribution in [-0.4, -0.2) is 0 Å². The zero-order valence-electron chi connectivity index (χ0n) is 29.1. The lowest BCUT2D eigenvalue weighted by atomic mass is 9.79. The fourth-order valence-electron chi connectivity index (χ4n) is 9.44. The van der Waals surface area contributed by atoms with Gasteiger partial charge in [0.05, 0.1) is 0 Å². The highest BCUT2D eigenvalue weighted by atomic mass is 32.1. The van der Waals surface area contributed by atoms with Crippen molar-refractivity contribution in [1.29, 1.82) is 0 Å². The molecule has 0 radical (unpaired) electrons. The van der Waals surface area contributed by atoms with E-state index in [0.717, 1.165) is 0 Å². The second-order valence-corrected chi connectivity index (χ2v) is 15.9. The van der Waals surface area contributed by atoms with Crippen LogP contribution in [0, 0.1) is 0 Å². The molecule has 10 aromatic rings. The van der Waals surface area contributed by atoms with Gasteiger partial charge in [-0.25, -0.2) is 0 Å². The molecule has 0 aliphatic heterocycles. The Bertz CT molecular complexity index is 3030. The molecule has 0 fully saturated rings.